The van der Waals surface area contributed by atoms with Crippen molar-refractivity contribution in [2.24, 2.45) is 0 Å². The second-order valence-electron chi connectivity index (χ2n) is 15.2. The van der Waals surface area contributed by atoms with Crippen molar-refractivity contribution in [3.8, 4) is 0 Å². The van der Waals surface area contributed by atoms with Crippen LogP contribution >= 0.6 is 0 Å². The van der Waals surface area contributed by atoms with E-state index in [4.69, 9.17) is 4.12 Å². The van der Waals surface area contributed by atoms with Crippen LogP contribution in [0.25, 0.3) is 0 Å². The van der Waals surface area contributed by atoms with Crippen LogP contribution in [0.4, 0.5) is 149 Å². The van der Waals surface area contributed by atoms with Gasteiger partial charge >= 0.3 is 96.8 Å². The van der Waals surface area contributed by atoms with E-state index in [1.54, 1.807) is 0 Å². The highest BCUT2D eigenvalue weighted by Gasteiger charge is 2.87. The minimum Gasteiger partial charge on any atom is -0.455 e. The highest BCUT2D eigenvalue weighted by atomic mass is 28.4. The Kier molecular flexibility index (Phi) is 20.1. The van der Waals surface area contributed by atoms with Crippen molar-refractivity contribution in [1.29, 1.82) is 0 Å². The Labute approximate surface area is 373 Å². The van der Waals surface area contributed by atoms with E-state index >= 15 is 0 Å². The number of rotatable bonds is 26. The second-order valence-corrected chi connectivity index (χ2v) is 24.0. The van der Waals surface area contributed by atoms with Gasteiger partial charge in [0.05, 0.1) is 0 Å². The van der Waals surface area contributed by atoms with E-state index in [0.717, 1.165) is 0 Å². The lowest BCUT2D eigenvalue weighted by Crippen LogP contribution is -2.67. The Bertz CT molecular complexity index is 1600. The van der Waals surface area contributed by atoms with Gasteiger partial charge in [-0.1, -0.05) is 0 Å². The highest BCUT2D eigenvalue weighted by molar-refractivity contribution is 6.84. The minimum absolute atomic E-state index is 0.459. The van der Waals surface area contributed by atoms with Crippen LogP contribution in [0.2, 0.25) is 38.3 Å². The first kappa shape index (κ1) is 68.8. The fourth-order valence-electron chi connectivity index (χ4n) is 4.71. The van der Waals surface area contributed by atoms with Gasteiger partial charge in [-0.3, -0.25) is 18.9 Å². The van der Waals surface area contributed by atoms with Crippen molar-refractivity contribution < 1.29 is 182 Å². The van der Waals surface area contributed by atoms with Crippen LogP contribution in [0, 0.1) is 0 Å². The summed E-state index contributed by atoms with van der Waals surface area (Å²) in [6.45, 7) is -4.19. The van der Waals surface area contributed by atoms with Gasteiger partial charge in [0.2, 0.25) is 0 Å². The summed E-state index contributed by atoms with van der Waals surface area (Å²) in [5.41, 5.74) is 0. The van der Waals surface area contributed by atoms with Gasteiger partial charge in [-0.25, -0.2) is 0 Å². The summed E-state index contributed by atoms with van der Waals surface area (Å²) in [5, 5.41) is 0. The topological polar surface area (TPSA) is 64.6 Å². The zero-order chi connectivity index (χ0) is 57.6. The number of alkyl halides is 34. The normalized spacial score (nSPS) is 19.0. The Morgan fingerprint density at radius 3 is 0.732 bits per heavy atom. The highest BCUT2D eigenvalue weighted by Crippen LogP contribution is 2.59. The quantitative estimate of drug-likeness (QED) is 0.0486. The van der Waals surface area contributed by atoms with Gasteiger partial charge in [-0.05, 0) is 51.1 Å². The predicted molar refractivity (Wildman–Crippen MR) is 162 cm³/mol. The average molecular weight is 1180 g/mol. The van der Waals surface area contributed by atoms with Gasteiger partial charge in [0.15, 0.2) is 16.6 Å². The molecule has 0 aromatic carbocycles. The van der Waals surface area contributed by atoms with Crippen molar-refractivity contribution in [2.45, 2.75) is 148 Å². The largest absolute Gasteiger partial charge is 0.462 e. The van der Waals surface area contributed by atoms with Crippen molar-refractivity contribution in [3.63, 3.8) is 0 Å². The Balaban J connectivity index is 5.93. The van der Waals surface area contributed by atoms with Gasteiger partial charge in [-0.15, -0.1) is 0 Å². The van der Waals surface area contributed by atoms with Gasteiger partial charge in [0.25, 0.3) is 0 Å². The number of hydrogen-bond acceptors (Lipinski definition) is 7. The van der Waals surface area contributed by atoms with E-state index in [2.05, 4.69) is 18.9 Å². The molecule has 0 aromatic rings. The lowest BCUT2D eigenvalue weighted by atomic mass is 10.2. The molecule has 0 aliphatic heterocycles. The Morgan fingerprint density at radius 2 is 0.535 bits per heavy atom. The van der Waals surface area contributed by atoms with E-state index in [0.29, 0.717) is 0 Å². The molecular weight excluding hydrogens is 1150 g/mol. The maximum absolute atomic E-state index is 14.7. The SMILES string of the molecule is C[Si](C)(CCCOCC(F)(OC(F)(F)C(F)(OC(F)(F)C(F)(F)C(F)(F)F)C(F)(F)F)C(F)(F)F)O[Si](C)(C)CCCOCC(F)(OC(F)(F)C(F)(OC(F)(F)C(F)(F)C(F)(F)F)C(F)(F)F)C(F)(F)F. The molecule has 0 amide bonds. The van der Waals surface area contributed by atoms with Gasteiger partial charge in [0.1, 0.15) is 13.2 Å². The maximum atomic E-state index is 14.7. The van der Waals surface area contributed by atoms with Gasteiger partial charge < -0.3 is 13.6 Å². The predicted octanol–water partition coefficient (Wildman–Crippen LogP) is 14.0. The second kappa shape index (κ2) is 20.7. The zero-order valence-corrected chi connectivity index (χ0v) is 36.4. The van der Waals surface area contributed by atoms with E-state index < -0.39 is 165 Å². The summed E-state index contributed by atoms with van der Waals surface area (Å²) >= 11 is 0. The molecule has 0 aromatic heterocycles. The van der Waals surface area contributed by atoms with E-state index in [-0.39, 0.29) is 0 Å². The third kappa shape index (κ3) is 15.4. The first-order valence-corrected chi connectivity index (χ1v) is 23.8. The fraction of sp³-hybridized carbons (Fsp3) is 1.00. The van der Waals surface area contributed by atoms with Gasteiger partial charge in [0, 0.05) is 13.2 Å². The summed E-state index contributed by atoms with van der Waals surface area (Å²) in [4.78, 5) is 0. The fourth-order valence-corrected chi connectivity index (χ4v) is 13.5. The van der Waals surface area contributed by atoms with Crippen LogP contribution < -0.4 is 0 Å². The number of ether oxygens (including phenoxy) is 6. The first-order chi connectivity index (χ1) is 30.4. The first-order valence-electron chi connectivity index (χ1n) is 17.5. The summed E-state index contributed by atoms with van der Waals surface area (Å²) < 4.78 is 474. The zero-order valence-electron chi connectivity index (χ0n) is 34.4. The molecule has 428 valence electrons. The van der Waals surface area contributed by atoms with Crippen LogP contribution in [0.15, 0.2) is 0 Å². The molecule has 4 unspecified atom stereocenters. The monoisotopic (exact) mass is 1180 g/mol. The molecule has 71 heavy (non-hydrogen) atoms. The van der Waals surface area contributed by atoms with Crippen LogP contribution in [0.1, 0.15) is 12.8 Å². The molecule has 0 fully saturated rings. The lowest BCUT2D eigenvalue weighted by molar-refractivity contribution is -0.553. The van der Waals surface area contributed by atoms with Crippen LogP contribution in [-0.4, -0.2) is 140 Å². The standard InChI is InChI=1S/C28H28F34O7Si2/c1-70(2,9-5-7-63-11-13(29,19(37,38)39)65-27(59,60)17(35,23(49,50)51)67-25(55,56)15(31,32)21(43,44)45)69-71(3,4)10-6-8-64-12-14(30,20(40,41)42)66-28(61,62)18(36,24(52,53)54)68-26(57,58)16(33,34)22(46,47)48/h5-12H2,1-4H3. The molecule has 43 heteroatoms. The van der Waals surface area contributed by atoms with Crippen molar-refractivity contribution in [2.75, 3.05) is 26.4 Å². The van der Waals surface area contributed by atoms with Gasteiger partial charge in [-0.2, -0.15) is 149 Å². The summed E-state index contributed by atoms with van der Waals surface area (Å²) in [6.07, 6.45) is -79.3. The molecule has 0 rings (SSSR count). The molecule has 0 saturated carbocycles. The molecule has 0 N–H and O–H groups in total. The molecule has 4 atom stereocenters. The Morgan fingerprint density at radius 1 is 0.296 bits per heavy atom. The molecule has 7 nitrogen and oxygen atoms in total. The third-order valence-electron chi connectivity index (χ3n) is 8.15. The molecule has 0 aliphatic carbocycles. The van der Waals surface area contributed by atoms with Crippen molar-refractivity contribution >= 4 is 16.6 Å². The molecule has 0 radical (unpaired) electrons. The van der Waals surface area contributed by atoms with Crippen molar-refractivity contribution in [1.82, 2.24) is 0 Å². The summed E-state index contributed by atoms with van der Waals surface area (Å²) in [7, 11) is -6.75. The third-order valence-corrected chi connectivity index (χ3v) is 15.7. The molecule has 0 heterocycles. The summed E-state index contributed by atoms with van der Waals surface area (Å²) in [5.74, 6) is -45.3. The summed E-state index contributed by atoms with van der Waals surface area (Å²) in [6, 6.07) is -0.918. The Hall–Kier alpha value is -2.23. The van der Waals surface area contributed by atoms with E-state index in [1.807, 2.05) is 0 Å². The lowest BCUT2D eigenvalue weighted by Gasteiger charge is -2.40. The minimum atomic E-state index is -8.15. The van der Waals surface area contributed by atoms with Crippen LogP contribution in [0.3, 0.4) is 0 Å². The molecule has 0 bridgehead atoms. The van der Waals surface area contributed by atoms with E-state index in [9.17, 15) is 149 Å². The number of hydrogen-bond donors (Lipinski definition) is 0. The molecular formula is C28H28F34O7Si2. The number of halogens is 34. The maximum Gasteiger partial charge on any atom is 0.462 e. The molecule has 0 saturated heterocycles. The smallest absolute Gasteiger partial charge is 0.455 e. The average Bonchev–Trinajstić information content (AvgIpc) is 3.06. The van der Waals surface area contributed by atoms with Crippen LogP contribution in [-0.2, 0) is 32.5 Å². The van der Waals surface area contributed by atoms with Crippen molar-refractivity contribution in [3.05, 3.63) is 0 Å². The van der Waals surface area contributed by atoms with Crippen LogP contribution in [0.5, 0.6) is 0 Å². The molecule has 0 spiro atoms. The van der Waals surface area contributed by atoms with E-state index in [1.165, 1.54) is 35.7 Å². The molecule has 0 aliphatic rings.